The minimum absolute atomic E-state index is 0.0438. The van der Waals surface area contributed by atoms with Crippen molar-refractivity contribution < 1.29 is 18.7 Å². The topological polar surface area (TPSA) is 93.8 Å². The fraction of sp³-hybridized carbons (Fsp3) is 0.320. The molecule has 0 bridgehead atoms. The molecule has 9 nitrogen and oxygen atoms in total. The van der Waals surface area contributed by atoms with E-state index in [0.717, 1.165) is 0 Å². The number of rotatable bonds is 7. The normalized spacial score (nSPS) is 12.9. The summed E-state index contributed by atoms with van der Waals surface area (Å²) in [4.78, 5) is 31.5. The van der Waals surface area contributed by atoms with Crippen LogP contribution in [0, 0.1) is 12.4 Å². The zero-order chi connectivity index (χ0) is 25.3. The predicted octanol–water partition coefficient (Wildman–Crippen LogP) is 4.37. The molecule has 10 heteroatoms. The molecule has 0 spiro atoms. The second-order valence-electron chi connectivity index (χ2n) is 8.63. The monoisotopic (exact) mass is 476 g/mol. The molecule has 1 aliphatic rings. The van der Waals surface area contributed by atoms with Crippen molar-refractivity contribution in [2.75, 3.05) is 26.6 Å². The van der Waals surface area contributed by atoms with E-state index in [9.17, 15) is 9.18 Å². The Labute approximate surface area is 202 Å². The number of hydrogen-bond acceptors (Lipinski definition) is 7. The van der Waals surface area contributed by atoms with Crippen molar-refractivity contribution in [3.63, 3.8) is 0 Å². The highest BCUT2D eigenvalue weighted by Crippen LogP contribution is 2.35. The number of anilines is 2. The van der Waals surface area contributed by atoms with Gasteiger partial charge in [-0.3, -0.25) is 14.8 Å². The lowest BCUT2D eigenvalue weighted by Crippen LogP contribution is -2.22. The van der Waals surface area contributed by atoms with Gasteiger partial charge in [-0.2, -0.15) is 0 Å². The molecule has 0 fully saturated rings. The van der Waals surface area contributed by atoms with E-state index in [-0.39, 0.29) is 23.9 Å². The highest BCUT2D eigenvalue weighted by Gasteiger charge is 2.31. The molecule has 0 aliphatic carbocycles. The summed E-state index contributed by atoms with van der Waals surface area (Å²) in [5, 5.41) is 3.15. The maximum absolute atomic E-state index is 14.2. The van der Waals surface area contributed by atoms with Gasteiger partial charge in [-0.25, -0.2) is 4.39 Å². The van der Waals surface area contributed by atoms with Gasteiger partial charge in [-0.1, -0.05) is 12.6 Å². The molecule has 3 aromatic rings. The van der Waals surface area contributed by atoms with Crippen LogP contribution in [0.1, 0.15) is 47.0 Å². The lowest BCUT2D eigenvalue weighted by molar-refractivity contribution is 0.0160. The van der Waals surface area contributed by atoms with Crippen LogP contribution in [-0.2, 0) is 23.3 Å². The second-order valence-corrected chi connectivity index (χ2v) is 8.63. The summed E-state index contributed by atoms with van der Waals surface area (Å²) in [7, 11) is 4.63. The molecule has 1 aliphatic heterocycles. The Kier molecular flexibility index (Phi) is 6.37. The molecule has 1 N–H and O–H groups in total. The molecule has 0 atom stereocenters. The van der Waals surface area contributed by atoms with Crippen LogP contribution in [0.15, 0.2) is 30.5 Å². The van der Waals surface area contributed by atoms with Crippen LogP contribution in [0.4, 0.5) is 21.6 Å². The summed E-state index contributed by atoms with van der Waals surface area (Å²) in [6.45, 7) is 11.5. The maximum Gasteiger partial charge on any atom is 0.294 e. The molecule has 0 unspecified atom stereocenters. The summed E-state index contributed by atoms with van der Waals surface area (Å²) < 4.78 is 24.9. The number of nitrogens with one attached hydrogen (secondary N) is 1. The molecule has 0 saturated heterocycles. The van der Waals surface area contributed by atoms with Gasteiger partial charge in [-0.15, -0.1) is 4.98 Å². The Morgan fingerprint density at radius 2 is 2.00 bits per heavy atom. The van der Waals surface area contributed by atoms with Crippen LogP contribution in [-0.4, -0.2) is 47.0 Å². The van der Waals surface area contributed by atoms with Gasteiger partial charge in [0.15, 0.2) is 17.3 Å². The van der Waals surface area contributed by atoms with Gasteiger partial charge in [-0.05, 0) is 32.0 Å². The average Bonchev–Trinajstić information content (AvgIpc) is 3.12. The first kappa shape index (κ1) is 24.0. The van der Waals surface area contributed by atoms with Crippen molar-refractivity contribution in [2.24, 2.45) is 0 Å². The molecule has 1 aromatic carbocycles. The molecule has 2 aromatic heterocycles. The Bertz CT molecular complexity index is 1350. The number of aromatic nitrogens is 3. The van der Waals surface area contributed by atoms with Crippen molar-refractivity contribution in [3.05, 3.63) is 76.0 Å². The summed E-state index contributed by atoms with van der Waals surface area (Å²) in [5.74, 6) is -0.498. The van der Waals surface area contributed by atoms with Crippen LogP contribution in [0.25, 0.3) is 4.85 Å². The van der Waals surface area contributed by atoms with E-state index in [2.05, 4.69) is 25.1 Å². The first-order valence-corrected chi connectivity index (χ1v) is 10.8. The van der Waals surface area contributed by atoms with Crippen LogP contribution >= 0.6 is 0 Å². The largest absolute Gasteiger partial charge is 0.492 e. The first-order chi connectivity index (χ1) is 16.7. The lowest BCUT2D eigenvalue weighted by atomic mass is 10.0. The van der Waals surface area contributed by atoms with Crippen LogP contribution in [0.3, 0.4) is 0 Å². The molecule has 0 saturated carbocycles. The van der Waals surface area contributed by atoms with Crippen LogP contribution in [0.5, 0.6) is 5.75 Å². The van der Waals surface area contributed by atoms with Crippen molar-refractivity contribution >= 4 is 23.1 Å². The van der Waals surface area contributed by atoms with Crippen molar-refractivity contribution in [2.45, 2.75) is 32.4 Å². The molecule has 0 radical (unpaired) electrons. The average molecular weight is 477 g/mol. The number of amides is 1. The van der Waals surface area contributed by atoms with E-state index in [1.807, 2.05) is 13.8 Å². The molecule has 1 amide bonds. The van der Waals surface area contributed by atoms with Crippen LogP contribution in [0.2, 0.25) is 0 Å². The zero-order valence-corrected chi connectivity index (χ0v) is 20.1. The number of fused-ring (bicyclic) bond motifs is 1. The van der Waals surface area contributed by atoms with Gasteiger partial charge in [0.1, 0.15) is 0 Å². The van der Waals surface area contributed by atoms with E-state index >= 15 is 0 Å². The number of ether oxygens (including phenoxy) is 2. The fourth-order valence-electron chi connectivity index (χ4n) is 3.93. The number of nitrogens with zero attached hydrogens (tertiary/aromatic N) is 5. The third-order valence-electron chi connectivity index (χ3n) is 5.89. The number of hydrogen-bond donors (Lipinski definition) is 1. The summed E-state index contributed by atoms with van der Waals surface area (Å²) in [5.41, 5.74) is 2.75. The number of methoxy groups -OCH3 is 2. The zero-order valence-electron chi connectivity index (χ0n) is 20.1. The second kappa shape index (κ2) is 9.27. The summed E-state index contributed by atoms with van der Waals surface area (Å²) in [6, 6.07) is 6.25. The minimum Gasteiger partial charge on any atom is -0.492 e. The van der Waals surface area contributed by atoms with E-state index < -0.39 is 11.4 Å². The van der Waals surface area contributed by atoms with Gasteiger partial charge < -0.3 is 24.5 Å². The van der Waals surface area contributed by atoms with Gasteiger partial charge >= 0.3 is 0 Å². The Balaban J connectivity index is 1.74. The van der Waals surface area contributed by atoms with Crippen molar-refractivity contribution in [1.82, 2.24) is 19.9 Å². The predicted molar refractivity (Wildman–Crippen MR) is 127 cm³/mol. The number of benzene rings is 1. The SMILES string of the molecule is [C-]#[N+]c1nc(Cc2cc(Nc3cccc(F)c3OC)c3c(n2)CN(C)C3=O)cnc1C(C)(C)OC. The molecule has 35 heavy (non-hydrogen) atoms. The quantitative estimate of drug-likeness (QED) is 0.506. The molecule has 3 heterocycles. The van der Waals surface area contributed by atoms with E-state index in [1.165, 1.54) is 13.2 Å². The number of carbonyl (C=O) groups excluding carboxylic acids is 1. The summed E-state index contributed by atoms with van der Waals surface area (Å²) >= 11 is 0. The highest BCUT2D eigenvalue weighted by molar-refractivity contribution is 6.03. The van der Waals surface area contributed by atoms with E-state index in [4.69, 9.17) is 16.0 Å². The number of para-hydroxylation sites is 1. The van der Waals surface area contributed by atoms with Gasteiger partial charge in [0.05, 0.1) is 65.9 Å². The maximum atomic E-state index is 14.2. The molecule has 4 rings (SSSR count). The smallest absolute Gasteiger partial charge is 0.294 e. The fourth-order valence-corrected chi connectivity index (χ4v) is 3.93. The van der Waals surface area contributed by atoms with Crippen LogP contribution < -0.4 is 10.1 Å². The van der Waals surface area contributed by atoms with Gasteiger partial charge in [0, 0.05) is 14.2 Å². The van der Waals surface area contributed by atoms with Gasteiger partial charge in [0.2, 0.25) is 0 Å². The summed E-state index contributed by atoms with van der Waals surface area (Å²) in [6.07, 6.45) is 1.88. The number of carbonyl (C=O) groups is 1. The lowest BCUT2D eigenvalue weighted by Gasteiger charge is -2.22. The third kappa shape index (κ3) is 4.50. The number of halogens is 1. The third-order valence-corrected chi connectivity index (χ3v) is 5.89. The Hall–Kier alpha value is -4.10. The van der Waals surface area contributed by atoms with E-state index in [1.54, 1.807) is 43.5 Å². The van der Waals surface area contributed by atoms with Crippen molar-refractivity contribution in [3.8, 4) is 5.75 Å². The number of pyridine rings is 1. The molecular weight excluding hydrogens is 451 g/mol. The molecular formula is C25H25FN6O3. The molecule has 180 valence electrons. The van der Waals surface area contributed by atoms with Gasteiger partial charge in [0.25, 0.3) is 11.7 Å². The minimum atomic E-state index is -0.761. The Morgan fingerprint density at radius 3 is 2.69 bits per heavy atom. The highest BCUT2D eigenvalue weighted by atomic mass is 19.1. The van der Waals surface area contributed by atoms with Crippen molar-refractivity contribution in [1.29, 1.82) is 0 Å². The standard InChI is InChI=1S/C25H25FN6O3/c1-25(2,35-6)22-23(27-3)30-15(12-28-22)10-14-11-18(20-19(29-14)13-32(4)24(20)33)31-17-9-7-8-16(26)21(17)34-5/h7-9,11-12H,10,13H2,1-2,4-6H3,(H,29,31). The Morgan fingerprint density at radius 1 is 1.23 bits per heavy atom. The van der Waals surface area contributed by atoms with E-state index in [0.29, 0.717) is 46.3 Å². The first-order valence-electron chi connectivity index (χ1n) is 10.8.